The Morgan fingerprint density at radius 1 is 1.05 bits per heavy atom. The molecule has 0 aliphatic heterocycles. The number of ether oxygens (including phenoxy) is 1. The summed E-state index contributed by atoms with van der Waals surface area (Å²) in [5, 5.41) is 10.1. The van der Waals surface area contributed by atoms with E-state index in [4.69, 9.17) is 4.74 Å². The summed E-state index contributed by atoms with van der Waals surface area (Å²) < 4.78 is 18.8. The molecule has 0 spiro atoms. The fourth-order valence-corrected chi connectivity index (χ4v) is 2.04. The van der Waals surface area contributed by atoms with Crippen LogP contribution in [0.4, 0.5) is 4.39 Å². The zero-order chi connectivity index (χ0) is 15.4. The molecular formula is C18H21FO2. The Balaban J connectivity index is 1.97. The van der Waals surface area contributed by atoms with Crippen LogP contribution in [0, 0.1) is 12.7 Å². The van der Waals surface area contributed by atoms with Crippen LogP contribution in [0.15, 0.2) is 42.5 Å². The molecule has 0 fully saturated rings. The molecule has 0 heterocycles. The first-order valence-electron chi connectivity index (χ1n) is 7.14. The van der Waals surface area contributed by atoms with Crippen molar-refractivity contribution in [2.45, 2.75) is 32.8 Å². The van der Waals surface area contributed by atoms with Crippen molar-refractivity contribution >= 4 is 0 Å². The van der Waals surface area contributed by atoms with Crippen LogP contribution in [0.1, 0.15) is 42.6 Å². The quantitative estimate of drug-likeness (QED) is 0.885. The van der Waals surface area contributed by atoms with Crippen LogP contribution in [0.3, 0.4) is 0 Å². The maximum Gasteiger partial charge on any atom is 0.129 e. The molecule has 0 saturated heterocycles. The second-order valence-corrected chi connectivity index (χ2v) is 5.56. The highest BCUT2D eigenvalue weighted by Gasteiger charge is 2.10. The van der Waals surface area contributed by atoms with Crippen LogP contribution in [0.25, 0.3) is 0 Å². The molecule has 0 radical (unpaired) electrons. The summed E-state index contributed by atoms with van der Waals surface area (Å²) >= 11 is 0. The van der Waals surface area contributed by atoms with E-state index >= 15 is 0 Å². The Hall–Kier alpha value is -1.87. The standard InChI is InChI=1S/C18H21FO2/c1-12(2)14-5-7-15(8-6-14)18(20)11-21-16-9-4-13(3)17(19)10-16/h4-10,12,18,20H,11H2,1-3H3. The molecule has 0 aliphatic carbocycles. The Kier molecular flexibility index (Phi) is 4.97. The van der Waals surface area contributed by atoms with Gasteiger partial charge in [-0.1, -0.05) is 44.2 Å². The minimum atomic E-state index is -0.726. The van der Waals surface area contributed by atoms with Gasteiger partial charge in [-0.2, -0.15) is 0 Å². The third-order valence-electron chi connectivity index (χ3n) is 3.54. The van der Waals surface area contributed by atoms with Crippen molar-refractivity contribution in [1.29, 1.82) is 0 Å². The number of aryl methyl sites for hydroxylation is 1. The van der Waals surface area contributed by atoms with E-state index in [-0.39, 0.29) is 12.4 Å². The minimum absolute atomic E-state index is 0.101. The molecule has 2 nitrogen and oxygen atoms in total. The summed E-state index contributed by atoms with van der Waals surface area (Å²) in [6.07, 6.45) is -0.726. The molecule has 3 heteroatoms. The zero-order valence-corrected chi connectivity index (χ0v) is 12.6. The summed E-state index contributed by atoms with van der Waals surface area (Å²) in [5.74, 6) is 0.585. The van der Waals surface area contributed by atoms with Gasteiger partial charge < -0.3 is 9.84 Å². The van der Waals surface area contributed by atoms with Crippen LogP contribution in [0.5, 0.6) is 5.75 Å². The smallest absolute Gasteiger partial charge is 0.129 e. The fourth-order valence-electron chi connectivity index (χ4n) is 2.04. The molecule has 1 N–H and O–H groups in total. The normalized spacial score (nSPS) is 12.5. The molecule has 0 saturated carbocycles. The molecule has 0 aliphatic rings. The van der Waals surface area contributed by atoms with Crippen molar-refractivity contribution in [3.05, 3.63) is 65.0 Å². The van der Waals surface area contributed by atoms with Crippen molar-refractivity contribution in [3.63, 3.8) is 0 Å². The summed E-state index contributed by atoms with van der Waals surface area (Å²) in [6, 6.07) is 12.5. The van der Waals surface area contributed by atoms with E-state index in [2.05, 4.69) is 13.8 Å². The highest BCUT2D eigenvalue weighted by Crippen LogP contribution is 2.21. The molecule has 1 atom stereocenters. The lowest BCUT2D eigenvalue weighted by Crippen LogP contribution is -2.10. The van der Waals surface area contributed by atoms with Crippen LogP contribution < -0.4 is 4.74 Å². The fraction of sp³-hybridized carbons (Fsp3) is 0.333. The lowest BCUT2D eigenvalue weighted by molar-refractivity contribution is 0.108. The third-order valence-corrected chi connectivity index (χ3v) is 3.54. The van der Waals surface area contributed by atoms with E-state index in [0.717, 1.165) is 5.56 Å². The number of halogens is 1. The molecule has 2 aromatic carbocycles. The van der Waals surface area contributed by atoms with Crippen molar-refractivity contribution in [2.75, 3.05) is 6.61 Å². The topological polar surface area (TPSA) is 29.5 Å². The summed E-state index contributed by atoms with van der Waals surface area (Å²) in [5.41, 5.74) is 2.60. The first-order valence-corrected chi connectivity index (χ1v) is 7.14. The monoisotopic (exact) mass is 288 g/mol. The predicted molar refractivity (Wildman–Crippen MR) is 82.1 cm³/mol. The van der Waals surface area contributed by atoms with Gasteiger partial charge >= 0.3 is 0 Å². The maximum absolute atomic E-state index is 13.4. The molecular weight excluding hydrogens is 267 g/mol. The number of aliphatic hydroxyl groups excluding tert-OH is 1. The molecule has 0 aromatic heterocycles. The van der Waals surface area contributed by atoms with Crippen LogP contribution in [-0.2, 0) is 0 Å². The van der Waals surface area contributed by atoms with E-state index in [0.29, 0.717) is 17.2 Å². The predicted octanol–water partition coefficient (Wildman–Crippen LogP) is 4.37. The van der Waals surface area contributed by atoms with Gasteiger partial charge in [0.15, 0.2) is 0 Å². The molecule has 0 amide bonds. The third kappa shape index (κ3) is 4.05. The average molecular weight is 288 g/mol. The van der Waals surface area contributed by atoms with E-state index in [1.54, 1.807) is 19.1 Å². The summed E-state index contributed by atoms with van der Waals surface area (Å²) in [7, 11) is 0. The molecule has 2 rings (SSSR count). The van der Waals surface area contributed by atoms with Crippen LogP contribution >= 0.6 is 0 Å². The van der Waals surface area contributed by atoms with E-state index in [1.165, 1.54) is 11.6 Å². The van der Waals surface area contributed by atoms with Gasteiger partial charge in [-0.3, -0.25) is 0 Å². The lowest BCUT2D eigenvalue weighted by atomic mass is 10.0. The molecule has 112 valence electrons. The second kappa shape index (κ2) is 6.72. The number of rotatable bonds is 5. The molecule has 21 heavy (non-hydrogen) atoms. The molecule has 0 bridgehead atoms. The number of benzene rings is 2. The number of aliphatic hydroxyl groups is 1. The Bertz CT molecular complexity index is 591. The Morgan fingerprint density at radius 2 is 1.67 bits per heavy atom. The van der Waals surface area contributed by atoms with Crippen LogP contribution in [0.2, 0.25) is 0 Å². The summed E-state index contributed by atoms with van der Waals surface area (Å²) in [4.78, 5) is 0. The number of hydrogen-bond acceptors (Lipinski definition) is 2. The Labute approximate surface area is 125 Å². The first kappa shape index (κ1) is 15.5. The van der Waals surface area contributed by atoms with E-state index in [1.807, 2.05) is 24.3 Å². The zero-order valence-electron chi connectivity index (χ0n) is 12.6. The van der Waals surface area contributed by atoms with Gasteiger partial charge in [-0.05, 0) is 35.6 Å². The van der Waals surface area contributed by atoms with Gasteiger partial charge in [0.1, 0.15) is 24.3 Å². The largest absolute Gasteiger partial charge is 0.490 e. The van der Waals surface area contributed by atoms with Gasteiger partial charge in [0, 0.05) is 6.07 Å². The molecule has 1 unspecified atom stereocenters. The average Bonchev–Trinajstić information content (AvgIpc) is 2.48. The van der Waals surface area contributed by atoms with Gasteiger partial charge in [0.05, 0.1) is 0 Å². The summed E-state index contributed by atoms with van der Waals surface area (Å²) in [6.45, 7) is 6.05. The van der Waals surface area contributed by atoms with Crippen molar-refractivity contribution in [1.82, 2.24) is 0 Å². The lowest BCUT2D eigenvalue weighted by Gasteiger charge is -2.14. The van der Waals surface area contributed by atoms with Gasteiger partial charge in [-0.15, -0.1) is 0 Å². The highest BCUT2D eigenvalue weighted by atomic mass is 19.1. The minimum Gasteiger partial charge on any atom is -0.490 e. The number of hydrogen-bond donors (Lipinski definition) is 1. The second-order valence-electron chi connectivity index (χ2n) is 5.56. The Morgan fingerprint density at radius 3 is 2.24 bits per heavy atom. The highest BCUT2D eigenvalue weighted by molar-refractivity contribution is 5.29. The van der Waals surface area contributed by atoms with E-state index in [9.17, 15) is 9.50 Å². The van der Waals surface area contributed by atoms with Gasteiger partial charge in [0.25, 0.3) is 0 Å². The first-order chi connectivity index (χ1) is 9.97. The van der Waals surface area contributed by atoms with Crippen molar-refractivity contribution in [3.8, 4) is 5.75 Å². The van der Waals surface area contributed by atoms with Gasteiger partial charge in [-0.25, -0.2) is 4.39 Å². The molecule has 2 aromatic rings. The maximum atomic E-state index is 13.4. The van der Waals surface area contributed by atoms with E-state index < -0.39 is 6.10 Å². The van der Waals surface area contributed by atoms with Crippen LogP contribution in [-0.4, -0.2) is 11.7 Å². The van der Waals surface area contributed by atoms with Crippen molar-refractivity contribution < 1.29 is 14.2 Å². The van der Waals surface area contributed by atoms with Crippen molar-refractivity contribution in [2.24, 2.45) is 0 Å². The van der Waals surface area contributed by atoms with Gasteiger partial charge in [0.2, 0.25) is 0 Å². The SMILES string of the molecule is Cc1ccc(OCC(O)c2ccc(C(C)C)cc2)cc1F.